The Hall–Kier alpha value is -0.660. The van der Waals surface area contributed by atoms with Crippen molar-refractivity contribution in [2.24, 2.45) is 11.1 Å². The van der Waals surface area contributed by atoms with Crippen LogP contribution in [0.3, 0.4) is 0 Å². The molecular weight excluding hydrogens is 254 g/mol. The molecule has 0 saturated heterocycles. The van der Waals surface area contributed by atoms with Crippen LogP contribution in [0.25, 0.3) is 0 Å². The van der Waals surface area contributed by atoms with Crippen LogP contribution in [0.2, 0.25) is 0 Å². The molecular formula is C11H25N3O3S. The van der Waals surface area contributed by atoms with Crippen molar-refractivity contribution in [1.29, 1.82) is 0 Å². The molecule has 0 aromatic carbocycles. The number of sulfonamides is 1. The molecule has 7 heteroatoms. The van der Waals surface area contributed by atoms with Gasteiger partial charge in [-0.15, -0.1) is 0 Å². The number of carbonyl (C=O) groups is 1. The van der Waals surface area contributed by atoms with Crippen molar-refractivity contribution < 1.29 is 13.2 Å². The van der Waals surface area contributed by atoms with Gasteiger partial charge in [-0.25, -0.2) is 13.1 Å². The molecule has 0 aromatic rings. The molecule has 0 aromatic heterocycles. The highest BCUT2D eigenvalue weighted by Gasteiger charge is 2.22. The van der Waals surface area contributed by atoms with E-state index >= 15 is 0 Å². The second-order valence-electron chi connectivity index (χ2n) is 5.55. The Labute approximate surface area is 110 Å². The summed E-state index contributed by atoms with van der Waals surface area (Å²) in [5.74, 6) is -0.100. The molecule has 0 rings (SSSR count). The van der Waals surface area contributed by atoms with Crippen LogP contribution in [0, 0.1) is 5.41 Å². The summed E-state index contributed by atoms with van der Waals surface area (Å²) in [5, 5.41) is 2.72. The van der Waals surface area contributed by atoms with Crippen LogP contribution < -0.4 is 15.8 Å². The van der Waals surface area contributed by atoms with Crippen molar-refractivity contribution in [3.63, 3.8) is 0 Å². The van der Waals surface area contributed by atoms with Crippen molar-refractivity contribution in [1.82, 2.24) is 10.0 Å². The maximum absolute atomic E-state index is 11.5. The molecule has 0 aliphatic heterocycles. The Morgan fingerprint density at radius 3 is 2.28 bits per heavy atom. The molecule has 18 heavy (non-hydrogen) atoms. The summed E-state index contributed by atoms with van der Waals surface area (Å²) in [6.45, 7) is 6.73. The number of hydrogen-bond acceptors (Lipinski definition) is 4. The van der Waals surface area contributed by atoms with E-state index in [9.17, 15) is 13.2 Å². The fourth-order valence-corrected chi connectivity index (χ4v) is 1.67. The lowest BCUT2D eigenvalue weighted by molar-refractivity contribution is -0.121. The third-order valence-corrected chi connectivity index (χ3v) is 3.29. The monoisotopic (exact) mass is 279 g/mol. The SMILES string of the molecule is CC(C)(C)C(N)CC(=O)NCCCNS(C)(=O)=O. The van der Waals surface area contributed by atoms with Gasteiger partial charge in [-0.3, -0.25) is 4.79 Å². The second kappa shape index (κ2) is 7.06. The molecule has 4 N–H and O–H groups in total. The second-order valence-corrected chi connectivity index (χ2v) is 7.38. The van der Waals surface area contributed by atoms with E-state index in [0.717, 1.165) is 6.26 Å². The van der Waals surface area contributed by atoms with Gasteiger partial charge < -0.3 is 11.1 Å². The molecule has 0 fully saturated rings. The van der Waals surface area contributed by atoms with Gasteiger partial charge in [0, 0.05) is 25.6 Å². The summed E-state index contributed by atoms with van der Waals surface area (Å²) in [6, 6.07) is -0.188. The summed E-state index contributed by atoms with van der Waals surface area (Å²) in [6.07, 6.45) is 1.94. The van der Waals surface area contributed by atoms with Gasteiger partial charge in [0.2, 0.25) is 15.9 Å². The van der Waals surface area contributed by atoms with Gasteiger partial charge in [0.25, 0.3) is 0 Å². The van der Waals surface area contributed by atoms with E-state index in [4.69, 9.17) is 5.73 Å². The Kier molecular flexibility index (Phi) is 6.80. The van der Waals surface area contributed by atoms with E-state index in [2.05, 4.69) is 10.0 Å². The molecule has 0 aliphatic rings. The number of hydrogen-bond donors (Lipinski definition) is 3. The number of nitrogens with two attached hydrogens (primary N) is 1. The first kappa shape index (κ1) is 17.3. The molecule has 0 heterocycles. The Morgan fingerprint density at radius 1 is 1.28 bits per heavy atom. The highest BCUT2D eigenvalue weighted by atomic mass is 32.2. The Bertz CT molecular complexity index is 360. The predicted octanol–water partition coefficient (Wildman–Crippen LogP) is -0.195. The molecule has 6 nitrogen and oxygen atoms in total. The molecule has 0 radical (unpaired) electrons. The Balaban J connectivity index is 3.73. The highest BCUT2D eigenvalue weighted by molar-refractivity contribution is 7.88. The standard InChI is InChI=1S/C11H25N3O3S/c1-11(2,3)9(12)8-10(15)13-6-5-7-14-18(4,16)17/h9,14H,5-8,12H2,1-4H3,(H,13,15). The minimum absolute atomic E-state index is 0.100. The first-order chi connectivity index (χ1) is 8.02. The maximum Gasteiger partial charge on any atom is 0.221 e. The summed E-state index contributed by atoms with van der Waals surface area (Å²) in [4.78, 5) is 11.5. The molecule has 1 amide bonds. The fraction of sp³-hybridized carbons (Fsp3) is 0.909. The van der Waals surface area contributed by atoms with Crippen molar-refractivity contribution in [3.05, 3.63) is 0 Å². The average Bonchev–Trinajstić information content (AvgIpc) is 2.13. The van der Waals surface area contributed by atoms with E-state index in [1.807, 2.05) is 20.8 Å². The van der Waals surface area contributed by atoms with Gasteiger partial charge in [0.15, 0.2) is 0 Å². The van der Waals surface area contributed by atoms with Crippen molar-refractivity contribution >= 4 is 15.9 Å². The fourth-order valence-electron chi connectivity index (χ4n) is 1.15. The third kappa shape index (κ3) is 9.38. The molecule has 0 aliphatic carbocycles. The minimum atomic E-state index is -3.15. The van der Waals surface area contributed by atoms with E-state index in [1.165, 1.54) is 0 Å². The van der Waals surface area contributed by atoms with E-state index in [-0.39, 0.29) is 23.8 Å². The van der Waals surface area contributed by atoms with Crippen LogP contribution in [0.15, 0.2) is 0 Å². The van der Waals surface area contributed by atoms with Crippen LogP contribution >= 0.6 is 0 Å². The normalized spacial score (nSPS) is 14.3. The van der Waals surface area contributed by atoms with Crippen molar-refractivity contribution in [3.8, 4) is 0 Å². The topological polar surface area (TPSA) is 101 Å². The highest BCUT2D eigenvalue weighted by Crippen LogP contribution is 2.19. The Morgan fingerprint density at radius 2 is 1.83 bits per heavy atom. The smallest absolute Gasteiger partial charge is 0.221 e. The first-order valence-electron chi connectivity index (χ1n) is 5.99. The van der Waals surface area contributed by atoms with Gasteiger partial charge in [-0.2, -0.15) is 0 Å². The number of nitrogens with one attached hydrogen (secondary N) is 2. The summed E-state index contributed by atoms with van der Waals surface area (Å²) >= 11 is 0. The molecule has 0 saturated carbocycles. The van der Waals surface area contributed by atoms with Crippen LogP contribution in [-0.2, 0) is 14.8 Å². The lowest BCUT2D eigenvalue weighted by Crippen LogP contribution is -2.40. The van der Waals surface area contributed by atoms with E-state index < -0.39 is 10.0 Å². The maximum atomic E-state index is 11.5. The first-order valence-corrected chi connectivity index (χ1v) is 7.88. The number of rotatable bonds is 7. The van der Waals surface area contributed by atoms with Crippen LogP contribution in [-0.4, -0.2) is 39.7 Å². The molecule has 1 unspecified atom stereocenters. The van der Waals surface area contributed by atoms with Gasteiger partial charge in [0.05, 0.1) is 6.26 Å². The van der Waals surface area contributed by atoms with Crippen LogP contribution in [0.5, 0.6) is 0 Å². The minimum Gasteiger partial charge on any atom is -0.356 e. The molecule has 1 atom stereocenters. The summed E-state index contributed by atoms with van der Waals surface area (Å²) in [5.41, 5.74) is 5.78. The summed E-state index contributed by atoms with van der Waals surface area (Å²) in [7, 11) is -3.15. The lowest BCUT2D eigenvalue weighted by atomic mass is 9.85. The summed E-state index contributed by atoms with van der Waals surface area (Å²) < 4.78 is 23.9. The predicted molar refractivity (Wildman–Crippen MR) is 72.5 cm³/mol. The van der Waals surface area contributed by atoms with Gasteiger partial charge in [-0.05, 0) is 11.8 Å². The molecule has 0 spiro atoms. The zero-order valence-electron chi connectivity index (χ0n) is 11.6. The van der Waals surface area contributed by atoms with E-state index in [0.29, 0.717) is 19.5 Å². The van der Waals surface area contributed by atoms with Gasteiger partial charge in [-0.1, -0.05) is 20.8 Å². The third-order valence-electron chi connectivity index (χ3n) is 2.56. The zero-order chi connectivity index (χ0) is 14.4. The van der Waals surface area contributed by atoms with Crippen LogP contribution in [0.1, 0.15) is 33.6 Å². The molecule has 0 bridgehead atoms. The molecule has 108 valence electrons. The average molecular weight is 279 g/mol. The van der Waals surface area contributed by atoms with Crippen molar-refractivity contribution in [2.75, 3.05) is 19.3 Å². The lowest BCUT2D eigenvalue weighted by Gasteiger charge is -2.26. The van der Waals surface area contributed by atoms with Gasteiger partial charge >= 0.3 is 0 Å². The zero-order valence-corrected chi connectivity index (χ0v) is 12.4. The largest absolute Gasteiger partial charge is 0.356 e. The van der Waals surface area contributed by atoms with Crippen molar-refractivity contribution in [2.45, 2.75) is 39.7 Å². The van der Waals surface area contributed by atoms with Crippen LogP contribution in [0.4, 0.5) is 0 Å². The van der Waals surface area contributed by atoms with E-state index in [1.54, 1.807) is 0 Å². The van der Waals surface area contributed by atoms with Gasteiger partial charge in [0.1, 0.15) is 0 Å². The number of carbonyl (C=O) groups excluding carboxylic acids is 1. The number of amides is 1. The quantitative estimate of drug-likeness (QED) is 0.562.